The molecule has 0 spiro atoms. The predicted molar refractivity (Wildman–Crippen MR) is 143 cm³/mol. The van der Waals surface area contributed by atoms with Gasteiger partial charge >= 0.3 is 0 Å². The Bertz CT molecular complexity index is 1260. The number of benzene rings is 3. The van der Waals surface area contributed by atoms with Gasteiger partial charge in [0.05, 0.1) is 12.8 Å². The number of hydrogen-bond acceptors (Lipinski definition) is 5. The van der Waals surface area contributed by atoms with E-state index in [1.807, 2.05) is 37.3 Å². The number of ether oxygens (including phenoxy) is 2. The summed E-state index contributed by atoms with van der Waals surface area (Å²) >= 11 is 6.28. The Morgan fingerprint density at radius 2 is 1.81 bits per heavy atom. The fourth-order valence-electron chi connectivity index (χ4n) is 3.40. The van der Waals surface area contributed by atoms with E-state index in [1.54, 1.807) is 36.4 Å². The standard InChI is InChI=1S/C28H28ClN3O4/c1-4-8-22-15-20(17-30-32-28(34)21-11-13-24(14-12-21)31-19(3)33)16-26(35-5-2)27(22)36-18-23-9-6-7-10-25(23)29/h4,6-7,9-17H,1,5,8,18H2,2-3H3,(H,31,33)(H,32,34)/b30-17+. The molecule has 3 aromatic carbocycles. The first-order valence-corrected chi connectivity index (χ1v) is 11.8. The number of allylic oxidation sites excluding steroid dienone is 1. The van der Waals surface area contributed by atoms with Crippen LogP contribution in [0.15, 0.2) is 78.4 Å². The van der Waals surface area contributed by atoms with Gasteiger partial charge < -0.3 is 14.8 Å². The van der Waals surface area contributed by atoms with Crippen LogP contribution in [0.25, 0.3) is 0 Å². The molecule has 0 radical (unpaired) electrons. The first kappa shape index (κ1) is 26.5. The van der Waals surface area contributed by atoms with Gasteiger partial charge in [0.2, 0.25) is 5.91 Å². The van der Waals surface area contributed by atoms with Gasteiger partial charge in [0.25, 0.3) is 5.91 Å². The van der Waals surface area contributed by atoms with Crippen molar-refractivity contribution in [3.63, 3.8) is 0 Å². The lowest BCUT2D eigenvalue weighted by atomic mass is 10.1. The van der Waals surface area contributed by atoms with E-state index in [-0.39, 0.29) is 18.4 Å². The average molecular weight is 506 g/mol. The van der Waals surface area contributed by atoms with E-state index >= 15 is 0 Å². The predicted octanol–water partition coefficient (Wildman–Crippen LogP) is 5.77. The molecule has 2 amide bonds. The lowest BCUT2D eigenvalue weighted by molar-refractivity contribution is -0.114. The van der Waals surface area contributed by atoms with Crippen molar-refractivity contribution in [2.75, 3.05) is 11.9 Å². The Labute approximate surface area is 215 Å². The largest absolute Gasteiger partial charge is 0.490 e. The summed E-state index contributed by atoms with van der Waals surface area (Å²) in [5.74, 6) is 0.610. The second kappa shape index (κ2) is 13.1. The molecule has 0 aromatic heterocycles. The number of rotatable bonds is 11. The lowest BCUT2D eigenvalue weighted by Crippen LogP contribution is -2.17. The molecule has 0 aliphatic heterocycles. The number of nitrogens with zero attached hydrogens (tertiary/aromatic N) is 1. The van der Waals surface area contributed by atoms with Gasteiger partial charge in [-0.2, -0.15) is 5.10 Å². The van der Waals surface area contributed by atoms with Gasteiger partial charge in [-0.05, 0) is 61.4 Å². The third kappa shape index (κ3) is 7.45. The fraction of sp³-hybridized carbons (Fsp3) is 0.179. The molecule has 0 aliphatic rings. The van der Waals surface area contributed by atoms with E-state index in [9.17, 15) is 9.59 Å². The third-order valence-electron chi connectivity index (χ3n) is 5.00. The van der Waals surface area contributed by atoms with Crippen LogP contribution in [0.3, 0.4) is 0 Å². The summed E-state index contributed by atoms with van der Waals surface area (Å²) in [5, 5.41) is 7.38. The zero-order valence-corrected chi connectivity index (χ0v) is 21.0. The zero-order chi connectivity index (χ0) is 25.9. The highest BCUT2D eigenvalue weighted by atomic mass is 35.5. The van der Waals surface area contributed by atoms with Crippen LogP contribution in [0.1, 0.15) is 40.9 Å². The smallest absolute Gasteiger partial charge is 0.271 e. The summed E-state index contributed by atoms with van der Waals surface area (Å²) < 4.78 is 12.0. The van der Waals surface area contributed by atoms with Crippen LogP contribution in [-0.4, -0.2) is 24.6 Å². The summed E-state index contributed by atoms with van der Waals surface area (Å²) in [6.45, 7) is 7.89. The van der Waals surface area contributed by atoms with Crippen LogP contribution in [0.5, 0.6) is 11.5 Å². The number of carbonyl (C=O) groups excluding carboxylic acids is 2. The lowest BCUT2D eigenvalue weighted by Gasteiger charge is -2.17. The average Bonchev–Trinajstić information content (AvgIpc) is 2.85. The maximum Gasteiger partial charge on any atom is 0.271 e. The van der Waals surface area contributed by atoms with E-state index in [2.05, 4.69) is 22.4 Å². The zero-order valence-electron chi connectivity index (χ0n) is 20.2. The quantitative estimate of drug-likeness (QED) is 0.197. The minimum absolute atomic E-state index is 0.181. The van der Waals surface area contributed by atoms with Gasteiger partial charge in [-0.3, -0.25) is 9.59 Å². The van der Waals surface area contributed by atoms with Crippen LogP contribution >= 0.6 is 11.6 Å². The maximum atomic E-state index is 12.4. The molecule has 0 atom stereocenters. The Hall–Kier alpha value is -4.10. The van der Waals surface area contributed by atoms with E-state index in [0.29, 0.717) is 40.8 Å². The second-order valence-corrected chi connectivity index (χ2v) is 8.18. The maximum absolute atomic E-state index is 12.4. The molecule has 36 heavy (non-hydrogen) atoms. The molecule has 186 valence electrons. The van der Waals surface area contributed by atoms with Gasteiger partial charge in [0, 0.05) is 34.3 Å². The third-order valence-corrected chi connectivity index (χ3v) is 5.36. The van der Waals surface area contributed by atoms with Gasteiger partial charge in [0.1, 0.15) is 6.61 Å². The van der Waals surface area contributed by atoms with Crippen molar-refractivity contribution in [2.45, 2.75) is 26.9 Å². The molecular formula is C28H28ClN3O4. The Morgan fingerprint density at radius 1 is 1.06 bits per heavy atom. The minimum Gasteiger partial charge on any atom is -0.490 e. The van der Waals surface area contributed by atoms with E-state index in [4.69, 9.17) is 21.1 Å². The molecule has 0 bridgehead atoms. The van der Waals surface area contributed by atoms with Crippen molar-refractivity contribution < 1.29 is 19.1 Å². The summed E-state index contributed by atoms with van der Waals surface area (Å²) in [4.78, 5) is 23.6. The molecule has 7 nitrogen and oxygen atoms in total. The molecule has 0 aliphatic carbocycles. The van der Waals surface area contributed by atoms with E-state index in [1.165, 1.54) is 13.1 Å². The SMILES string of the molecule is C=CCc1cc(/C=N/NC(=O)c2ccc(NC(C)=O)cc2)cc(OCC)c1OCc1ccccc1Cl. The Balaban J connectivity index is 1.76. The molecule has 0 saturated heterocycles. The number of anilines is 1. The number of carbonyl (C=O) groups is 2. The topological polar surface area (TPSA) is 89.0 Å². The van der Waals surface area contributed by atoms with Crippen LogP contribution in [0.2, 0.25) is 5.02 Å². The molecular weight excluding hydrogens is 478 g/mol. The van der Waals surface area contributed by atoms with Crippen molar-refractivity contribution in [3.8, 4) is 11.5 Å². The summed E-state index contributed by atoms with van der Waals surface area (Å²) in [6, 6.07) is 17.7. The van der Waals surface area contributed by atoms with E-state index in [0.717, 1.165) is 16.7 Å². The second-order valence-electron chi connectivity index (χ2n) is 7.77. The number of hydrogen-bond donors (Lipinski definition) is 2. The minimum atomic E-state index is -0.378. The molecule has 8 heteroatoms. The van der Waals surface area contributed by atoms with Crippen molar-refractivity contribution in [1.29, 1.82) is 0 Å². The molecule has 0 unspecified atom stereocenters. The molecule has 0 heterocycles. The molecule has 0 saturated carbocycles. The van der Waals surface area contributed by atoms with Gasteiger partial charge in [-0.15, -0.1) is 6.58 Å². The summed E-state index contributed by atoms with van der Waals surface area (Å²) in [7, 11) is 0. The van der Waals surface area contributed by atoms with Crippen molar-refractivity contribution in [2.24, 2.45) is 5.10 Å². The first-order chi connectivity index (χ1) is 17.4. The van der Waals surface area contributed by atoms with Crippen molar-refractivity contribution in [1.82, 2.24) is 5.43 Å². The van der Waals surface area contributed by atoms with Gasteiger partial charge in [-0.1, -0.05) is 35.9 Å². The molecule has 0 fully saturated rings. The monoisotopic (exact) mass is 505 g/mol. The first-order valence-electron chi connectivity index (χ1n) is 11.4. The summed E-state index contributed by atoms with van der Waals surface area (Å²) in [6.07, 6.45) is 3.86. The highest BCUT2D eigenvalue weighted by Gasteiger charge is 2.14. The van der Waals surface area contributed by atoms with Crippen molar-refractivity contribution >= 4 is 35.3 Å². The highest BCUT2D eigenvalue weighted by molar-refractivity contribution is 6.31. The molecule has 2 N–H and O–H groups in total. The van der Waals surface area contributed by atoms with Crippen LogP contribution in [-0.2, 0) is 17.8 Å². The number of amides is 2. The Morgan fingerprint density at radius 3 is 2.47 bits per heavy atom. The van der Waals surface area contributed by atoms with Gasteiger partial charge in [0.15, 0.2) is 11.5 Å². The van der Waals surface area contributed by atoms with Crippen LogP contribution in [0.4, 0.5) is 5.69 Å². The fourth-order valence-corrected chi connectivity index (χ4v) is 3.59. The van der Waals surface area contributed by atoms with Crippen LogP contribution in [0, 0.1) is 0 Å². The number of hydrazone groups is 1. The molecule has 3 rings (SSSR count). The van der Waals surface area contributed by atoms with Crippen LogP contribution < -0.4 is 20.2 Å². The summed E-state index contributed by atoms with van der Waals surface area (Å²) in [5.41, 5.74) is 5.99. The van der Waals surface area contributed by atoms with Crippen molar-refractivity contribution in [3.05, 3.63) is 101 Å². The number of halogens is 1. The normalized spacial score (nSPS) is 10.6. The number of nitrogens with one attached hydrogen (secondary N) is 2. The highest BCUT2D eigenvalue weighted by Crippen LogP contribution is 2.34. The van der Waals surface area contributed by atoms with Gasteiger partial charge in [-0.25, -0.2) is 5.43 Å². The van der Waals surface area contributed by atoms with E-state index < -0.39 is 0 Å². The Kier molecular flexibility index (Phi) is 9.65. The molecule has 3 aromatic rings.